The summed E-state index contributed by atoms with van der Waals surface area (Å²) in [6, 6.07) is 0. The van der Waals surface area contributed by atoms with Gasteiger partial charge in [-0.2, -0.15) is 0 Å². The van der Waals surface area contributed by atoms with Crippen molar-refractivity contribution >= 4 is 25.7 Å². The molecule has 434 valence electrons. The largest absolute Gasteiger partial charge is 0.472 e. The number of unbranched alkanes of at least 4 members (excludes halogenated alkanes) is 19. The number of allylic oxidation sites excluding steroid dienone is 18. The van der Waals surface area contributed by atoms with Gasteiger partial charge in [-0.1, -0.05) is 239 Å². The number of hydrogen-bond acceptors (Lipinski definition) is 10. The minimum absolute atomic E-state index is 0.0933. The number of aliphatic hydroxyl groups excluding tert-OH is 1. The summed E-state index contributed by atoms with van der Waals surface area (Å²) in [6.45, 7) is 4.30. The van der Waals surface area contributed by atoms with E-state index in [2.05, 4.69) is 118 Å². The molecule has 0 aromatic carbocycles. The maximum Gasteiger partial charge on any atom is 0.472 e. The molecule has 0 fully saturated rings. The van der Waals surface area contributed by atoms with Crippen molar-refractivity contribution in [2.75, 3.05) is 26.4 Å². The van der Waals surface area contributed by atoms with E-state index in [1.165, 1.54) is 83.5 Å². The highest BCUT2D eigenvalue weighted by molar-refractivity contribution is 7.47. The molecule has 0 spiro atoms. The van der Waals surface area contributed by atoms with Crippen LogP contribution in [0.25, 0.3) is 0 Å². The molecule has 0 radical (unpaired) electrons. The Morgan fingerprint density at radius 1 is 0.382 bits per heavy atom. The molecule has 0 saturated heterocycles. The third-order valence-electron chi connectivity index (χ3n) is 12.2. The molecule has 0 aromatic rings. The highest BCUT2D eigenvalue weighted by atomic mass is 31.2. The molecule has 12 heteroatoms. The molecular weight excluding hydrogens is 976 g/mol. The van der Waals surface area contributed by atoms with Crippen LogP contribution in [-0.4, -0.2) is 66.5 Å². The Bertz CT molecular complexity index is 1690. The van der Waals surface area contributed by atoms with Crippen LogP contribution in [0.5, 0.6) is 0 Å². The van der Waals surface area contributed by atoms with Gasteiger partial charge in [0.1, 0.15) is 12.7 Å². The molecule has 0 heterocycles. The van der Waals surface area contributed by atoms with Crippen LogP contribution < -0.4 is 0 Å². The van der Waals surface area contributed by atoms with Gasteiger partial charge in [-0.25, -0.2) is 4.57 Å². The molecule has 0 aliphatic carbocycles. The number of carbonyl (C=O) groups is 3. The van der Waals surface area contributed by atoms with Gasteiger partial charge in [-0.05, 0) is 89.9 Å². The first-order valence-electron chi connectivity index (χ1n) is 29.8. The third-order valence-corrected chi connectivity index (χ3v) is 13.2. The Labute approximate surface area is 463 Å². The first kappa shape index (κ1) is 72.1. The lowest BCUT2D eigenvalue weighted by molar-refractivity contribution is -0.161. The zero-order chi connectivity index (χ0) is 55.5. The van der Waals surface area contributed by atoms with E-state index in [1.54, 1.807) is 0 Å². The number of aliphatic hydroxyl groups is 1. The average Bonchev–Trinajstić information content (AvgIpc) is 3.41. The van der Waals surface area contributed by atoms with E-state index in [9.17, 15) is 28.9 Å². The summed E-state index contributed by atoms with van der Waals surface area (Å²) in [5.74, 6) is -1.61. The summed E-state index contributed by atoms with van der Waals surface area (Å²) in [6.07, 6.45) is 69.2. The second kappa shape index (κ2) is 57.3. The second-order valence-corrected chi connectivity index (χ2v) is 20.9. The highest BCUT2D eigenvalue weighted by Crippen LogP contribution is 2.43. The predicted molar refractivity (Wildman–Crippen MR) is 316 cm³/mol. The molecule has 3 unspecified atom stereocenters. The SMILES string of the molecule is CC/C=C\C/C=C\C/C=C\C/C=C\C/C=C\CCCCCC(=O)OC(COC(=O)CC/C=C\C/C=C\C/C=C\C/C=C\CC)COP(=O)(O)OCC(CO)OC(=O)CCCCCCCCCCCCCCCCCCC. The van der Waals surface area contributed by atoms with Crippen LogP contribution in [0.3, 0.4) is 0 Å². The molecule has 2 N–H and O–H groups in total. The smallest absolute Gasteiger partial charge is 0.462 e. The first-order chi connectivity index (χ1) is 37.2. The number of rotatable bonds is 54. The van der Waals surface area contributed by atoms with Crippen molar-refractivity contribution in [1.29, 1.82) is 0 Å². The molecule has 0 aliphatic heterocycles. The summed E-state index contributed by atoms with van der Waals surface area (Å²) in [7, 11) is -4.78. The number of carbonyl (C=O) groups excluding carboxylic acids is 3. The summed E-state index contributed by atoms with van der Waals surface area (Å²) in [5.41, 5.74) is 0. The van der Waals surface area contributed by atoms with Gasteiger partial charge in [0.2, 0.25) is 0 Å². The molecular formula is C64H107O11P. The molecule has 0 amide bonds. The van der Waals surface area contributed by atoms with Crippen molar-refractivity contribution < 1.29 is 52.2 Å². The van der Waals surface area contributed by atoms with Crippen LogP contribution in [-0.2, 0) is 42.2 Å². The van der Waals surface area contributed by atoms with Gasteiger partial charge >= 0.3 is 25.7 Å². The molecule has 0 bridgehead atoms. The van der Waals surface area contributed by atoms with Gasteiger partial charge in [0, 0.05) is 19.3 Å². The molecule has 0 saturated carbocycles. The van der Waals surface area contributed by atoms with Crippen LogP contribution in [0.1, 0.15) is 239 Å². The summed E-state index contributed by atoms with van der Waals surface area (Å²) in [5, 5.41) is 9.83. The molecule has 3 atom stereocenters. The normalized spacial score (nSPS) is 14.1. The Morgan fingerprint density at radius 2 is 0.711 bits per heavy atom. The zero-order valence-corrected chi connectivity index (χ0v) is 48.8. The Hall–Kier alpha value is -3.86. The van der Waals surface area contributed by atoms with E-state index >= 15 is 0 Å². The standard InChI is InChI=1S/C64H107O11P/c1-4-7-10-13-16-19-22-25-27-29-30-32-34-37-40-43-46-49-52-55-64(68)75-61(57-71-62(66)53-50-47-44-41-38-35-24-21-18-15-12-9-6-3)59-73-76(69,70)72-58-60(56-65)74-63(67)54-51-48-45-42-39-36-33-31-28-26-23-20-17-14-11-8-5-2/h7,9-10,12,16,18-19,21,25,27,30,32,35,37-38,40,44,47,60-61,65H,4-6,8,11,13-15,17,20,22-24,26,28-29,31,33-34,36,39,41-43,45-46,48-59H2,1-3H3,(H,69,70)/b10-7-,12-9-,19-16-,21-18-,27-25-,32-30-,38-35-,40-37-,47-44-. The maximum absolute atomic E-state index is 12.9. The number of phosphoric acid groups is 1. The van der Waals surface area contributed by atoms with E-state index in [-0.39, 0.29) is 25.9 Å². The van der Waals surface area contributed by atoms with Crippen molar-refractivity contribution in [2.45, 2.75) is 251 Å². The van der Waals surface area contributed by atoms with Crippen LogP contribution in [0.4, 0.5) is 0 Å². The molecule has 0 aliphatic rings. The van der Waals surface area contributed by atoms with Crippen molar-refractivity contribution in [2.24, 2.45) is 0 Å². The van der Waals surface area contributed by atoms with Crippen molar-refractivity contribution in [3.8, 4) is 0 Å². The fourth-order valence-corrected chi connectivity index (χ4v) is 8.53. The summed E-state index contributed by atoms with van der Waals surface area (Å²) in [4.78, 5) is 48.5. The van der Waals surface area contributed by atoms with E-state index in [1.807, 2.05) is 12.2 Å². The first-order valence-corrected chi connectivity index (χ1v) is 31.3. The maximum atomic E-state index is 12.9. The van der Waals surface area contributed by atoms with Crippen molar-refractivity contribution in [1.82, 2.24) is 0 Å². The van der Waals surface area contributed by atoms with Gasteiger partial charge in [-0.15, -0.1) is 0 Å². The Kier molecular flexibility index (Phi) is 54.4. The van der Waals surface area contributed by atoms with Crippen molar-refractivity contribution in [3.05, 3.63) is 109 Å². The minimum atomic E-state index is -4.78. The number of phosphoric ester groups is 1. The lowest BCUT2D eigenvalue weighted by atomic mass is 10.0. The number of hydrogen-bond donors (Lipinski definition) is 2. The van der Waals surface area contributed by atoms with E-state index in [0.717, 1.165) is 96.3 Å². The van der Waals surface area contributed by atoms with E-state index in [0.29, 0.717) is 19.3 Å². The lowest BCUT2D eigenvalue weighted by Gasteiger charge is -2.21. The van der Waals surface area contributed by atoms with E-state index < -0.39 is 57.8 Å². The topological polar surface area (TPSA) is 155 Å². The highest BCUT2D eigenvalue weighted by Gasteiger charge is 2.28. The van der Waals surface area contributed by atoms with Crippen LogP contribution in [0.2, 0.25) is 0 Å². The quantitative estimate of drug-likeness (QED) is 0.0197. The van der Waals surface area contributed by atoms with Gasteiger partial charge in [0.15, 0.2) is 6.10 Å². The zero-order valence-electron chi connectivity index (χ0n) is 47.9. The molecule has 76 heavy (non-hydrogen) atoms. The predicted octanol–water partition coefficient (Wildman–Crippen LogP) is 17.8. The van der Waals surface area contributed by atoms with Gasteiger partial charge in [-0.3, -0.25) is 23.4 Å². The Morgan fingerprint density at radius 3 is 1.11 bits per heavy atom. The average molecular weight is 1080 g/mol. The number of ether oxygens (including phenoxy) is 3. The van der Waals surface area contributed by atoms with Gasteiger partial charge in [0.25, 0.3) is 0 Å². The lowest BCUT2D eigenvalue weighted by Crippen LogP contribution is -2.30. The summed E-state index contributed by atoms with van der Waals surface area (Å²) < 4.78 is 39.4. The van der Waals surface area contributed by atoms with Gasteiger partial charge in [0.05, 0.1) is 19.8 Å². The fraction of sp³-hybridized carbons (Fsp3) is 0.672. The van der Waals surface area contributed by atoms with Gasteiger partial charge < -0.3 is 24.2 Å². The Balaban J connectivity index is 4.80. The molecule has 11 nitrogen and oxygen atoms in total. The monoisotopic (exact) mass is 1080 g/mol. The fourth-order valence-electron chi connectivity index (χ4n) is 7.75. The van der Waals surface area contributed by atoms with Crippen LogP contribution >= 0.6 is 7.82 Å². The minimum Gasteiger partial charge on any atom is -0.462 e. The molecule has 0 aromatic heterocycles. The summed E-state index contributed by atoms with van der Waals surface area (Å²) >= 11 is 0. The molecule has 0 rings (SSSR count). The van der Waals surface area contributed by atoms with Crippen molar-refractivity contribution in [3.63, 3.8) is 0 Å². The third kappa shape index (κ3) is 54.9. The second-order valence-electron chi connectivity index (χ2n) is 19.4. The van der Waals surface area contributed by atoms with Crippen LogP contribution in [0, 0.1) is 0 Å². The number of esters is 3. The van der Waals surface area contributed by atoms with Crippen LogP contribution in [0.15, 0.2) is 109 Å². The van der Waals surface area contributed by atoms with E-state index in [4.69, 9.17) is 23.3 Å².